The van der Waals surface area contributed by atoms with Crippen LogP contribution in [0.2, 0.25) is 5.02 Å². The molecule has 3 aliphatic rings. The number of halogens is 2. The number of amides is 4. The number of thiazole rings is 1. The molecule has 2 saturated heterocycles. The molecule has 20 heteroatoms. The van der Waals surface area contributed by atoms with Gasteiger partial charge in [0.05, 0.1) is 47.8 Å². The minimum atomic E-state index is -1.98. The Morgan fingerprint density at radius 2 is 1.82 bits per heavy atom. The first kappa shape index (κ1) is 48.3. The van der Waals surface area contributed by atoms with Gasteiger partial charge in [-0.2, -0.15) is 4.98 Å². The second kappa shape index (κ2) is 20.5. The number of alkyl halides is 1. The summed E-state index contributed by atoms with van der Waals surface area (Å²) in [6.45, 7) is 10.8. The summed E-state index contributed by atoms with van der Waals surface area (Å²) in [7, 11) is 3.25. The smallest absolute Gasteiger partial charge is 0.258 e. The quantitative estimate of drug-likeness (QED) is 0.0867. The lowest BCUT2D eigenvalue weighted by atomic mass is 9.85. The number of nitrogens with zero attached hydrogens (tertiary/aromatic N) is 6. The van der Waals surface area contributed by atoms with Crippen LogP contribution in [-0.4, -0.2) is 142 Å². The fourth-order valence-corrected chi connectivity index (χ4v) is 9.04. The highest BCUT2D eigenvalue weighted by atomic mass is 35.5. The molecule has 4 heterocycles. The number of anilines is 3. The number of likely N-dealkylation sites (tertiary alicyclic amines) is 1. The Bertz CT molecular complexity index is 2420. The van der Waals surface area contributed by atoms with Gasteiger partial charge in [-0.3, -0.25) is 24.1 Å². The van der Waals surface area contributed by atoms with E-state index in [1.165, 1.54) is 29.5 Å². The highest BCUT2D eigenvalue weighted by molar-refractivity contribution is 7.13. The van der Waals surface area contributed by atoms with Crippen LogP contribution in [0.3, 0.4) is 0 Å². The van der Waals surface area contributed by atoms with Gasteiger partial charge in [-0.05, 0) is 61.4 Å². The van der Waals surface area contributed by atoms with Gasteiger partial charge in [0, 0.05) is 70.4 Å². The molecule has 1 unspecified atom stereocenters. The normalized spacial score (nSPS) is 18.6. The zero-order valence-electron chi connectivity index (χ0n) is 38.1. The molecular weight excluding hydrogens is 891 g/mol. The Balaban J connectivity index is 0.934. The summed E-state index contributed by atoms with van der Waals surface area (Å²) in [6, 6.07) is 8.91. The number of ether oxygens (including phenoxy) is 2. The van der Waals surface area contributed by atoms with Crippen LogP contribution in [0.4, 0.5) is 21.8 Å². The van der Waals surface area contributed by atoms with Crippen LogP contribution in [0, 0.1) is 12.3 Å². The summed E-state index contributed by atoms with van der Waals surface area (Å²) in [5.74, 6) is -0.0858. The van der Waals surface area contributed by atoms with Crippen molar-refractivity contribution in [2.45, 2.75) is 83.8 Å². The molecule has 2 aromatic carbocycles. The Morgan fingerprint density at radius 1 is 1.06 bits per heavy atom. The first-order chi connectivity index (χ1) is 31.5. The van der Waals surface area contributed by atoms with Crippen LogP contribution < -0.4 is 30.7 Å². The molecule has 2 aromatic heterocycles. The second-order valence-corrected chi connectivity index (χ2v) is 19.2. The Hall–Kier alpha value is -5.63. The van der Waals surface area contributed by atoms with E-state index in [9.17, 15) is 28.7 Å². The van der Waals surface area contributed by atoms with Crippen LogP contribution in [0.5, 0.6) is 11.5 Å². The van der Waals surface area contributed by atoms with Crippen LogP contribution in [0.1, 0.15) is 68.1 Å². The molecule has 0 bridgehead atoms. The summed E-state index contributed by atoms with van der Waals surface area (Å²) < 4.78 is 26.7. The zero-order valence-corrected chi connectivity index (χ0v) is 39.7. The highest BCUT2D eigenvalue weighted by Gasteiger charge is 2.53. The number of aliphatic hydroxyl groups is 1. The molecule has 1 saturated carbocycles. The minimum Gasteiger partial charge on any atom is -0.495 e. The highest BCUT2D eigenvalue weighted by Crippen LogP contribution is 2.41. The zero-order chi connectivity index (χ0) is 47.3. The van der Waals surface area contributed by atoms with Crippen LogP contribution >= 0.6 is 22.9 Å². The van der Waals surface area contributed by atoms with Gasteiger partial charge in [0.2, 0.25) is 17.8 Å². The standard InChI is InChI=1S/C46H58ClFN10O7S/c1-27-37(66-26-52-27)28-8-9-30(23-50-40(60)34-22-31(59)25-58(34)42(62)38(45(2,3)4)54-43(63)46(48)12-13-46)35(20-28)65-19-7-14-56-15-17-57(18-16-56)41(61)29-10-11-33(36(21-29)64-6)53-44-51-24-32(47)39(49-5)55-44/h8-11,20-21,24,26,31,34,38,59H,7,12-19,22-23,25H2,1-6H3,(H,50,60)(H,54,63)(H2,49,51,53,55)/t31-,34+,38?/m1/s1. The number of carbonyl (C=O) groups excluding carboxylic acids is 4. The molecule has 66 heavy (non-hydrogen) atoms. The molecule has 4 aromatic rings. The molecule has 4 amide bonds. The molecular formula is C46H58ClFN10O7S. The molecule has 354 valence electrons. The van der Waals surface area contributed by atoms with Crippen LogP contribution in [0.25, 0.3) is 10.4 Å². The van der Waals surface area contributed by atoms with Crippen molar-refractivity contribution in [1.29, 1.82) is 0 Å². The third-order valence-electron chi connectivity index (χ3n) is 12.1. The van der Waals surface area contributed by atoms with Gasteiger partial charge in [-0.15, -0.1) is 11.3 Å². The molecule has 2 aliphatic heterocycles. The molecule has 5 N–H and O–H groups in total. The van der Waals surface area contributed by atoms with Gasteiger partial charge in [0.15, 0.2) is 5.67 Å². The van der Waals surface area contributed by atoms with Gasteiger partial charge in [-0.25, -0.2) is 14.4 Å². The average molecular weight is 950 g/mol. The fraction of sp³-hybridized carbons (Fsp3) is 0.500. The van der Waals surface area contributed by atoms with Gasteiger partial charge in [0.1, 0.15) is 34.4 Å². The van der Waals surface area contributed by atoms with Crippen molar-refractivity contribution in [3.63, 3.8) is 0 Å². The SMILES string of the molecule is CNc1nc(Nc2ccc(C(=O)N3CCN(CCCOc4cc(-c5scnc5C)ccc4CNC(=O)[C@@H]4C[C@@H](O)CN4C(=O)C(NC(=O)C4(F)CC4)C(C)(C)C)CC3)cc2OC)ncc1Cl. The number of β-amino-alcohol motifs (C(OH)–C–C–N with tert-alkyl or cyclic N) is 1. The number of nitrogens with one attached hydrogen (secondary N) is 4. The van der Waals surface area contributed by atoms with E-state index >= 15 is 0 Å². The van der Waals surface area contributed by atoms with Gasteiger partial charge < -0.3 is 45.6 Å². The second-order valence-electron chi connectivity index (χ2n) is 18.0. The van der Waals surface area contributed by atoms with E-state index in [2.05, 4.69) is 41.1 Å². The average Bonchev–Trinajstić information content (AvgIpc) is 3.71. The summed E-state index contributed by atoms with van der Waals surface area (Å²) in [5, 5.41) is 22.6. The number of aliphatic hydroxyl groups excluding tert-OH is 1. The third kappa shape index (κ3) is 11.3. The monoisotopic (exact) mass is 948 g/mol. The minimum absolute atomic E-state index is 0.0185. The molecule has 1 aliphatic carbocycles. The summed E-state index contributed by atoms with van der Waals surface area (Å²) in [4.78, 5) is 73.5. The van der Waals surface area contributed by atoms with Crippen LogP contribution in [-0.2, 0) is 20.9 Å². The van der Waals surface area contributed by atoms with Gasteiger partial charge in [-0.1, -0.05) is 44.5 Å². The van der Waals surface area contributed by atoms with Gasteiger partial charge >= 0.3 is 0 Å². The van der Waals surface area contributed by atoms with Crippen molar-refractivity contribution in [3.05, 3.63) is 69.9 Å². The number of aryl methyl sites for hydroxylation is 1. The number of hydrogen-bond donors (Lipinski definition) is 5. The van der Waals surface area contributed by atoms with Crippen molar-refractivity contribution >= 4 is 64.0 Å². The predicted molar refractivity (Wildman–Crippen MR) is 250 cm³/mol. The van der Waals surface area contributed by atoms with E-state index in [0.29, 0.717) is 78.7 Å². The van der Waals surface area contributed by atoms with E-state index in [4.69, 9.17) is 21.1 Å². The lowest BCUT2D eigenvalue weighted by Gasteiger charge is -2.35. The molecule has 3 atom stereocenters. The first-order valence-corrected chi connectivity index (χ1v) is 23.3. The predicted octanol–water partition coefficient (Wildman–Crippen LogP) is 5.19. The maximum atomic E-state index is 14.6. The summed E-state index contributed by atoms with van der Waals surface area (Å²) >= 11 is 7.65. The molecule has 3 fully saturated rings. The lowest BCUT2D eigenvalue weighted by molar-refractivity contribution is -0.145. The van der Waals surface area contributed by atoms with Crippen molar-refractivity contribution in [1.82, 2.24) is 40.3 Å². The summed E-state index contributed by atoms with van der Waals surface area (Å²) in [6.07, 6.45) is 1.47. The van der Waals surface area contributed by atoms with E-state index in [1.807, 2.05) is 30.0 Å². The number of methoxy groups -OCH3 is 1. The maximum absolute atomic E-state index is 14.6. The van der Waals surface area contributed by atoms with E-state index < -0.39 is 47.0 Å². The molecule has 0 radical (unpaired) electrons. The van der Waals surface area contributed by atoms with Gasteiger partial charge in [0.25, 0.3) is 11.8 Å². The lowest BCUT2D eigenvalue weighted by Crippen LogP contribution is -2.59. The number of rotatable bonds is 17. The van der Waals surface area contributed by atoms with E-state index in [-0.39, 0.29) is 38.3 Å². The largest absolute Gasteiger partial charge is 0.495 e. The first-order valence-electron chi connectivity index (χ1n) is 22.1. The third-order valence-corrected chi connectivity index (χ3v) is 13.3. The number of hydrogen-bond acceptors (Lipinski definition) is 14. The Kier molecular flexibility index (Phi) is 15.0. The maximum Gasteiger partial charge on any atom is 0.258 e. The van der Waals surface area contributed by atoms with Crippen molar-refractivity contribution in [3.8, 4) is 21.9 Å². The van der Waals surface area contributed by atoms with Crippen molar-refractivity contribution in [2.75, 3.05) is 70.7 Å². The molecule has 0 spiro atoms. The number of aromatic nitrogens is 3. The van der Waals surface area contributed by atoms with Crippen LogP contribution in [0.15, 0.2) is 48.1 Å². The number of piperazine rings is 1. The van der Waals surface area contributed by atoms with Crippen molar-refractivity contribution in [2.24, 2.45) is 5.41 Å². The van der Waals surface area contributed by atoms with E-state index in [0.717, 1.165) is 28.2 Å². The Labute approximate surface area is 392 Å². The molecule has 17 nitrogen and oxygen atoms in total. The van der Waals surface area contributed by atoms with Crippen molar-refractivity contribution < 1.29 is 38.1 Å². The number of benzene rings is 2. The summed E-state index contributed by atoms with van der Waals surface area (Å²) in [5.41, 5.74) is 2.65. The van der Waals surface area contributed by atoms with E-state index in [1.54, 1.807) is 51.5 Å². The topological polar surface area (TPSA) is 203 Å². The fourth-order valence-electron chi connectivity index (χ4n) is 8.05. The number of carbonyl (C=O) groups is 4. The Morgan fingerprint density at radius 3 is 2.48 bits per heavy atom. The molecule has 7 rings (SSSR count).